The van der Waals surface area contributed by atoms with Crippen LogP contribution in [-0.4, -0.2) is 25.2 Å². The largest absolute Gasteiger partial charge is 0.320 e. The first kappa shape index (κ1) is 15.9. The number of carbonyl (C=O) groups is 1. The summed E-state index contributed by atoms with van der Waals surface area (Å²) in [6.45, 7) is 1.80. The summed E-state index contributed by atoms with van der Waals surface area (Å²) in [4.78, 5) is 28.6. The van der Waals surface area contributed by atoms with Crippen molar-refractivity contribution in [3.05, 3.63) is 69.5 Å². The molecule has 0 aliphatic rings. The second-order valence-corrected chi connectivity index (χ2v) is 5.65. The molecule has 0 saturated carbocycles. The molecule has 7 nitrogen and oxygen atoms in total. The molecule has 3 aromatic rings. The van der Waals surface area contributed by atoms with E-state index in [-0.39, 0.29) is 11.1 Å². The molecule has 24 heavy (non-hydrogen) atoms. The van der Waals surface area contributed by atoms with Crippen LogP contribution in [0.3, 0.4) is 0 Å². The first-order valence-corrected chi connectivity index (χ1v) is 7.48. The molecule has 0 radical (unpaired) electrons. The third-order valence-electron chi connectivity index (χ3n) is 3.59. The lowest BCUT2D eigenvalue weighted by Crippen LogP contribution is -2.28. The van der Waals surface area contributed by atoms with Gasteiger partial charge in [0.1, 0.15) is 5.56 Å². The van der Waals surface area contributed by atoms with E-state index in [1.807, 2.05) is 0 Å². The number of anilines is 1. The second kappa shape index (κ2) is 6.29. The van der Waals surface area contributed by atoms with Crippen molar-refractivity contribution in [3.8, 4) is 5.82 Å². The molecule has 0 aromatic carbocycles. The predicted molar refractivity (Wildman–Crippen MR) is 90.7 cm³/mol. The highest BCUT2D eigenvalue weighted by atomic mass is 35.5. The van der Waals surface area contributed by atoms with E-state index >= 15 is 0 Å². The Labute approximate surface area is 142 Å². The normalized spacial score (nSPS) is 10.6. The third-order valence-corrected chi connectivity index (χ3v) is 3.79. The quantitative estimate of drug-likeness (QED) is 0.790. The van der Waals surface area contributed by atoms with E-state index in [9.17, 15) is 9.59 Å². The lowest BCUT2D eigenvalue weighted by atomic mass is 10.2. The zero-order chi connectivity index (χ0) is 17.3. The van der Waals surface area contributed by atoms with Crippen molar-refractivity contribution in [3.63, 3.8) is 0 Å². The van der Waals surface area contributed by atoms with Gasteiger partial charge in [-0.05, 0) is 31.2 Å². The standard InChI is InChI=1S/C16H14ClN5O2/c1-10-3-5-13(16(24)21(10)2)15(23)20-12-4-6-14(18-8-12)22-9-11(17)7-19-22/h3-9H,1-2H3,(H,20,23). The Bertz CT molecular complexity index is 959. The minimum atomic E-state index is -0.479. The van der Waals surface area contributed by atoms with Gasteiger partial charge in [-0.25, -0.2) is 9.67 Å². The molecule has 1 N–H and O–H groups in total. The molecule has 0 aliphatic carbocycles. The molecule has 0 spiro atoms. The second-order valence-electron chi connectivity index (χ2n) is 5.21. The number of nitrogens with one attached hydrogen (secondary N) is 1. The minimum absolute atomic E-state index is 0.0750. The number of aromatic nitrogens is 4. The van der Waals surface area contributed by atoms with Crippen LogP contribution in [0.5, 0.6) is 0 Å². The van der Waals surface area contributed by atoms with E-state index in [0.717, 1.165) is 5.69 Å². The molecule has 0 saturated heterocycles. The van der Waals surface area contributed by atoms with Crippen LogP contribution in [0.1, 0.15) is 16.1 Å². The molecule has 0 aliphatic heterocycles. The van der Waals surface area contributed by atoms with Crippen LogP contribution in [0, 0.1) is 6.92 Å². The van der Waals surface area contributed by atoms with Crippen LogP contribution in [0.4, 0.5) is 5.69 Å². The zero-order valence-electron chi connectivity index (χ0n) is 13.0. The van der Waals surface area contributed by atoms with Crippen molar-refractivity contribution in [2.45, 2.75) is 6.92 Å². The van der Waals surface area contributed by atoms with Gasteiger partial charge >= 0.3 is 0 Å². The Morgan fingerprint density at radius 1 is 1.21 bits per heavy atom. The topological polar surface area (TPSA) is 81.8 Å². The fourth-order valence-electron chi connectivity index (χ4n) is 2.12. The molecule has 0 unspecified atom stereocenters. The van der Waals surface area contributed by atoms with E-state index < -0.39 is 5.91 Å². The maximum atomic E-state index is 12.3. The van der Waals surface area contributed by atoms with Gasteiger partial charge in [-0.1, -0.05) is 11.6 Å². The van der Waals surface area contributed by atoms with E-state index in [4.69, 9.17) is 11.6 Å². The number of aryl methyl sites for hydroxylation is 1. The molecule has 0 atom stereocenters. The molecule has 0 bridgehead atoms. The molecular weight excluding hydrogens is 330 g/mol. The van der Waals surface area contributed by atoms with Gasteiger partial charge in [-0.15, -0.1) is 0 Å². The van der Waals surface area contributed by atoms with Crippen LogP contribution in [0.15, 0.2) is 47.7 Å². The lowest BCUT2D eigenvalue weighted by molar-refractivity contribution is 0.102. The van der Waals surface area contributed by atoms with E-state index in [0.29, 0.717) is 16.5 Å². The van der Waals surface area contributed by atoms with E-state index in [1.54, 1.807) is 38.4 Å². The van der Waals surface area contributed by atoms with Crippen LogP contribution >= 0.6 is 11.6 Å². The average molecular weight is 344 g/mol. The summed E-state index contributed by atoms with van der Waals surface area (Å²) in [6.07, 6.45) is 4.62. The number of rotatable bonds is 3. The maximum absolute atomic E-state index is 12.3. The van der Waals surface area contributed by atoms with Gasteiger partial charge in [0.05, 0.1) is 29.3 Å². The fourth-order valence-corrected chi connectivity index (χ4v) is 2.26. The van der Waals surface area contributed by atoms with Gasteiger partial charge < -0.3 is 9.88 Å². The SMILES string of the molecule is Cc1ccc(C(=O)Nc2ccc(-n3cc(Cl)cn3)nc2)c(=O)n1C. The summed E-state index contributed by atoms with van der Waals surface area (Å²) in [5, 5.41) is 7.21. The number of hydrogen-bond acceptors (Lipinski definition) is 4. The van der Waals surface area contributed by atoms with Gasteiger partial charge in [-0.2, -0.15) is 5.10 Å². The monoisotopic (exact) mass is 343 g/mol. The molecule has 1 amide bonds. The van der Waals surface area contributed by atoms with Gasteiger partial charge in [-0.3, -0.25) is 9.59 Å². The summed E-state index contributed by atoms with van der Waals surface area (Å²) in [6, 6.07) is 6.60. The third kappa shape index (κ3) is 3.07. The van der Waals surface area contributed by atoms with Crippen molar-refractivity contribution >= 4 is 23.2 Å². The summed E-state index contributed by atoms with van der Waals surface area (Å²) < 4.78 is 2.95. The molecule has 3 aromatic heterocycles. The van der Waals surface area contributed by atoms with Gasteiger partial charge in [0.15, 0.2) is 5.82 Å². The molecule has 3 heterocycles. The molecule has 122 valence electrons. The number of pyridine rings is 2. The zero-order valence-corrected chi connectivity index (χ0v) is 13.8. The Morgan fingerprint density at radius 2 is 2.00 bits per heavy atom. The van der Waals surface area contributed by atoms with Crippen LogP contribution in [0.25, 0.3) is 5.82 Å². The minimum Gasteiger partial charge on any atom is -0.320 e. The average Bonchev–Trinajstić information content (AvgIpc) is 3.00. The van der Waals surface area contributed by atoms with Crippen molar-refractivity contribution in [1.82, 2.24) is 19.3 Å². The predicted octanol–water partition coefficient (Wildman–Crippen LogP) is 2.18. The van der Waals surface area contributed by atoms with Gasteiger partial charge in [0, 0.05) is 12.7 Å². The van der Waals surface area contributed by atoms with Crippen molar-refractivity contribution in [1.29, 1.82) is 0 Å². The highest BCUT2D eigenvalue weighted by Gasteiger charge is 2.13. The molecule has 8 heteroatoms. The van der Waals surface area contributed by atoms with Gasteiger partial charge in [0.2, 0.25) is 0 Å². The fraction of sp³-hybridized carbons (Fsp3) is 0.125. The van der Waals surface area contributed by atoms with E-state index in [2.05, 4.69) is 15.4 Å². The highest BCUT2D eigenvalue weighted by Crippen LogP contribution is 2.13. The maximum Gasteiger partial charge on any atom is 0.263 e. The number of halogens is 1. The first-order chi connectivity index (χ1) is 11.5. The highest BCUT2D eigenvalue weighted by molar-refractivity contribution is 6.30. The Balaban J connectivity index is 1.80. The van der Waals surface area contributed by atoms with Crippen LogP contribution < -0.4 is 10.9 Å². The Morgan fingerprint density at radius 3 is 2.62 bits per heavy atom. The molecule has 3 rings (SSSR count). The van der Waals surface area contributed by atoms with Crippen molar-refractivity contribution in [2.75, 3.05) is 5.32 Å². The van der Waals surface area contributed by atoms with Crippen LogP contribution in [0.2, 0.25) is 5.02 Å². The summed E-state index contributed by atoms with van der Waals surface area (Å²) >= 11 is 5.82. The van der Waals surface area contributed by atoms with Crippen molar-refractivity contribution < 1.29 is 4.79 Å². The first-order valence-electron chi connectivity index (χ1n) is 7.10. The summed E-state index contributed by atoms with van der Waals surface area (Å²) in [5.41, 5.74) is 0.986. The molecular formula is C16H14ClN5O2. The Hall–Kier alpha value is -2.93. The number of amides is 1. The molecule has 0 fully saturated rings. The summed E-state index contributed by atoms with van der Waals surface area (Å²) in [7, 11) is 1.63. The number of carbonyl (C=O) groups excluding carboxylic acids is 1. The van der Waals surface area contributed by atoms with Gasteiger partial charge in [0.25, 0.3) is 11.5 Å². The number of nitrogens with zero attached hydrogens (tertiary/aromatic N) is 4. The van der Waals surface area contributed by atoms with Crippen molar-refractivity contribution in [2.24, 2.45) is 7.05 Å². The van der Waals surface area contributed by atoms with E-state index in [1.165, 1.54) is 27.7 Å². The van der Waals surface area contributed by atoms with Crippen LogP contribution in [-0.2, 0) is 7.05 Å². The smallest absolute Gasteiger partial charge is 0.263 e. The Kier molecular flexibility index (Phi) is 4.18. The number of hydrogen-bond donors (Lipinski definition) is 1. The summed E-state index contributed by atoms with van der Waals surface area (Å²) in [5.74, 6) is 0.0819. The lowest BCUT2D eigenvalue weighted by Gasteiger charge is -2.08.